The summed E-state index contributed by atoms with van der Waals surface area (Å²) in [6.07, 6.45) is 0.0152. The first-order valence-corrected chi connectivity index (χ1v) is 6.63. The highest BCUT2D eigenvalue weighted by Gasteiger charge is 2.22. The Labute approximate surface area is 118 Å². The molecule has 0 aromatic heterocycles. The summed E-state index contributed by atoms with van der Waals surface area (Å²) in [7, 11) is 0. The Morgan fingerprint density at radius 3 is 2.42 bits per heavy atom. The van der Waals surface area contributed by atoms with Gasteiger partial charge in [0.15, 0.2) is 6.29 Å². The average molecular weight is 291 g/mol. The van der Waals surface area contributed by atoms with E-state index in [-0.39, 0.29) is 11.9 Å². The van der Waals surface area contributed by atoms with Crippen molar-refractivity contribution in [2.45, 2.75) is 32.6 Å². The monoisotopic (exact) mass is 290 g/mol. The molecule has 0 saturated heterocycles. The van der Waals surface area contributed by atoms with Crippen LogP contribution in [-0.2, 0) is 15.9 Å². The third kappa shape index (κ3) is 5.04. The fraction of sp³-hybridized carbons (Fsp3) is 0.538. The Kier molecular flexibility index (Phi) is 7.27. The lowest BCUT2D eigenvalue weighted by atomic mass is 10.1. The molecule has 0 aliphatic heterocycles. The molecule has 19 heavy (non-hydrogen) atoms. The van der Waals surface area contributed by atoms with Gasteiger partial charge in [0.2, 0.25) is 0 Å². The van der Waals surface area contributed by atoms with Crippen molar-refractivity contribution < 1.29 is 13.9 Å². The Hall–Kier alpha value is -0.720. The van der Waals surface area contributed by atoms with Crippen LogP contribution in [0.2, 0.25) is 5.02 Å². The van der Waals surface area contributed by atoms with Crippen LogP contribution < -0.4 is 11.3 Å². The van der Waals surface area contributed by atoms with E-state index in [0.29, 0.717) is 24.7 Å². The van der Waals surface area contributed by atoms with E-state index in [0.717, 1.165) is 5.56 Å². The molecule has 4 nitrogen and oxygen atoms in total. The van der Waals surface area contributed by atoms with E-state index in [1.54, 1.807) is 6.07 Å². The van der Waals surface area contributed by atoms with Crippen LogP contribution in [0.3, 0.4) is 0 Å². The number of nitrogens with two attached hydrogens (primary N) is 1. The van der Waals surface area contributed by atoms with Gasteiger partial charge in [-0.3, -0.25) is 11.3 Å². The highest BCUT2D eigenvalue weighted by Crippen LogP contribution is 2.20. The molecule has 1 aromatic carbocycles. The van der Waals surface area contributed by atoms with Crippen LogP contribution in [0, 0.1) is 5.82 Å². The molecule has 0 fully saturated rings. The summed E-state index contributed by atoms with van der Waals surface area (Å²) in [5.41, 5.74) is 3.45. The molecule has 0 heterocycles. The fourth-order valence-corrected chi connectivity index (χ4v) is 2.01. The number of hydrazine groups is 1. The zero-order chi connectivity index (χ0) is 14.3. The van der Waals surface area contributed by atoms with Crippen molar-refractivity contribution in [3.05, 3.63) is 34.6 Å². The summed E-state index contributed by atoms with van der Waals surface area (Å²) in [4.78, 5) is 0. The molecular weight excluding hydrogens is 271 g/mol. The second-order valence-electron chi connectivity index (χ2n) is 3.99. The molecule has 1 unspecified atom stereocenters. The van der Waals surface area contributed by atoms with Crippen LogP contribution in [0.25, 0.3) is 0 Å². The van der Waals surface area contributed by atoms with E-state index in [9.17, 15) is 4.39 Å². The third-order valence-corrected chi connectivity index (χ3v) is 3.01. The van der Waals surface area contributed by atoms with Crippen molar-refractivity contribution in [2.24, 2.45) is 5.84 Å². The minimum absolute atomic E-state index is 0.261. The Morgan fingerprint density at radius 1 is 1.32 bits per heavy atom. The molecular formula is C13H20ClFN2O2. The average Bonchev–Trinajstić information content (AvgIpc) is 2.38. The van der Waals surface area contributed by atoms with Crippen molar-refractivity contribution in [3.63, 3.8) is 0 Å². The van der Waals surface area contributed by atoms with Gasteiger partial charge in [-0.2, -0.15) is 0 Å². The third-order valence-electron chi connectivity index (χ3n) is 2.66. The van der Waals surface area contributed by atoms with Gasteiger partial charge in [-0.25, -0.2) is 4.39 Å². The van der Waals surface area contributed by atoms with Gasteiger partial charge in [0.25, 0.3) is 0 Å². The van der Waals surface area contributed by atoms with Gasteiger partial charge in [-0.1, -0.05) is 17.7 Å². The number of hydrogen-bond acceptors (Lipinski definition) is 4. The predicted octanol–water partition coefficient (Wildman–Crippen LogP) is 2.25. The van der Waals surface area contributed by atoms with Crippen molar-refractivity contribution in [1.82, 2.24) is 5.43 Å². The van der Waals surface area contributed by atoms with Crippen LogP contribution in [0.5, 0.6) is 0 Å². The molecule has 0 spiro atoms. The molecule has 0 radical (unpaired) electrons. The summed E-state index contributed by atoms with van der Waals surface area (Å²) >= 11 is 6.00. The van der Waals surface area contributed by atoms with Gasteiger partial charge in [0.05, 0.1) is 6.04 Å². The summed E-state index contributed by atoms with van der Waals surface area (Å²) in [6, 6.07) is 4.02. The van der Waals surface area contributed by atoms with Gasteiger partial charge in [-0.05, 0) is 38.0 Å². The number of hydrogen-bond donors (Lipinski definition) is 2. The molecule has 6 heteroatoms. The number of halogens is 2. The van der Waals surface area contributed by atoms with Gasteiger partial charge in [0.1, 0.15) is 5.82 Å². The van der Waals surface area contributed by atoms with Crippen LogP contribution in [-0.4, -0.2) is 25.5 Å². The minimum atomic E-state index is -0.471. The highest BCUT2D eigenvalue weighted by molar-refractivity contribution is 6.31. The van der Waals surface area contributed by atoms with E-state index in [1.807, 2.05) is 13.8 Å². The molecule has 1 aromatic rings. The topological polar surface area (TPSA) is 56.5 Å². The minimum Gasteiger partial charge on any atom is -0.351 e. The fourth-order valence-electron chi connectivity index (χ4n) is 1.77. The smallest absolute Gasteiger partial charge is 0.174 e. The maximum absolute atomic E-state index is 13.0. The van der Waals surface area contributed by atoms with Crippen LogP contribution >= 0.6 is 11.6 Å². The van der Waals surface area contributed by atoms with Crippen molar-refractivity contribution in [1.29, 1.82) is 0 Å². The molecule has 0 aliphatic carbocycles. The molecule has 108 valence electrons. The quantitative estimate of drug-likeness (QED) is 0.438. The van der Waals surface area contributed by atoms with Crippen molar-refractivity contribution in [3.8, 4) is 0 Å². The summed E-state index contributed by atoms with van der Waals surface area (Å²) < 4.78 is 24.0. The second-order valence-corrected chi connectivity index (χ2v) is 4.40. The van der Waals surface area contributed by atoms with E-state index < -0.39 is 6.29 Å². The lowest BCUT2D eigenvalue weighted by molar-refractivity contribution is -0.153. The van der Waals surface area contributed by atoms with E-state index >= 15 is 0 Å². The second kappa shape index (κ2) is 8.45. The van der Waals surface area contributed by atoms with Gasteiger partial charge >= 0.3 is 0 Å². The molecule has 1 rings (SSSR count). The number of ether oxygens (including phenoxy) is 2. The lowest BCUT2D eigenvalue weighted by Gasteiger charge is -2.26. The predicted molar refractivity (Wildman–Crippen MR) is 73.3 cm³/mol. The molecule has 0 aliphatic rings. The Morgan fingerprint density at radius 2 is 1.95 bits per heavy atom. The number of nitrogens with one attached hydrogen (secondary N) is 1. The first-order chi connectivity index (χ1) is 9.12. The lowest BCUT2D eigenvalue weighted by Crippen LogP contribution is -2.48. The summed E-state index contributed by atoms with van der Waals surface area (Å²) in [5.74, 6) is 5.17. The zero-order valence-corrected chi connectivity index (χ0v) is 11.9. The zero-order valence-electron chi connectivity index (χ0n) is 11.2. The van der Waals surface area contributed by atoms with Crippen molar-refractivity contribution in [2.75, 3.05) is 13.2 Å². The molecule has 0 bridgehead atoms. The SMILES string of the molecule is CCOC(OCC)C(Cc1ccc(F)cc1Cl)NN. The maximum Gasteiger partial charge on any atom is 0.174 e. The first kappa shape index (κ1) is 16.3. The van der Waals surface area contributed by atoms with Crippen LogP contribution in [0.4, 0.5) is 4.39 Å². The highest BCUT2D eigenvalue weighted by atomic mass is 35.5. The number of rotatable bonds is 8. The Balaban J connectivity index is 2.78. The van der Waals surface area contributed by atoms with Crippen molar-refractivity contribution >= 4 is 11.6 Å². The molecule has 3 N–H and O–H groups in total. The van der Waals surface area contributed by atoms with Crippen LogP contribution in [0.15, 0.2) is 18.2 Å². The Bertz CT molecular complexity index is 387. The van der Waals surface area contributed by atoms with E-state index in [2.05, 4.69) is 5.43 Å². The number of benzene rings is 1. The molecule has 0 saturated carbocycles. The van der Waals surface area contributed by atoms with Crippen LogP contribution in [0.1, 0.15) is 19.4 Å². The summed E-state index contributed by atoms with van der Waals surface area (Å²) in [5, 5.41) is 0.368. The van der Waals surface area contributed by atoms with Gasteiger partial charge in [-0.15, -0.1) is 0 Å². The normalized spacial score (nSPS) is 12.9. The largest absolute Gasteiger partial charge is 0.351 e. The first-order valence-electron chi connectivity index (χ1n) is 6.25. The standard InChI is InChI=1S/C13H20ClFN2O2/c1-3-18-13(19-4-2)12(17-16)7-9-5-6-10(15)8-11(9)14/h5-6,8,12-13,17H,3-4,7,16H2,1-2H3. The van der Waals surface area contributed by atoms with E-state index in [4.69, 9.17) is 26.9 Å². The van der Waals surface area contributed by atoms with E-state index in [1.165, 1.54) is 12.1 Å². The molecule has 0 amide bonds. The van der Waals surface area contributed by atoms with Gasteiger partial charge in [0, 0.05) is 18.2 Å². The summed E-state index contributed by atoms with van der Waals surface area (Å²) in [6.45, 7) is 4.79. The van der Waals surface area contributed by atoms with Gasteiger partial charge < -0.3 is 9.47 Å². The maximum atomic E-state index is 13.0. The molecule has 1 atom stereocenters.